The van der Waals surface area contributed by atoms with Gasteiger partial charge in [-0.15, -0.1) is 0 Å². The van der Waals surface area contributed by atoms with Crippen molar-refractivity contribution < 1.29 is 18.7 Å². The van der Waals surface area contributed by atoms with Gasteiger partial charge in [-0.05, 0) is 36.1 Å². The molecular weight excluding hydrogens is 383 g/mol. The molecule has 5 nitrogen and oxygen atoms in total. The Bertz CT molecular complexity index is 936. The fourth-order valence-electron chi connectivity index (χ4n) is 3.50. The zero-order chi connectivity index (χ0) is 21.9. The van der Waals surface area contributed by atoms with Crippen molar-refractivity contribution in [2.24, 2.45) is 5.41 Å². The molecule has 0 radical (unpaired) electrons. The van der Waals surface area contributed by atoms with Crippen LogP contribution in [0.5, 0.6) is 5.75 Å². The lowest BCUT2D eigenvalue weighted by Crippen LogP contribution is -2.39. The summed E-state index contributed by atoms with van der Waals surface area (Å²) in [6.07, 6.45) is 0.284. The topological polar surface area (TPSA) is 58.6 Å². The first-order valence-electron chi connectivity index (χ1n) is 10.3. The molecule has 1 unspecified atom stereocenters. The van der Waals surface area contributed by atoms with E-state index in [1.807, 2.05) is 33.8 Å². The van der Waals surface area contributed by atoms with E-state index in [0.717, 1.165) is 5.56 Å². The Labute approximate surface area is 177 Å². The van der Waals surface area contributed by atoms with E-state index in [4.69, 9.17) is 4.74 Å². The van der Waals surface area contributed by atoms with Crippen LogP contribution >= 0.6 is 0 Å². The Hall–Kier alpha value is -2.89. The van der Waals surface area contributed by atoms with Crippen molar-refractivity contribution in [2.75, 3.05) is 5.32 Å². The minimum atomic E-state index is -0.626. The quantitative estimate of drug-likeness (QED) is 0.760. The third-order valence-corrected chi connectivity index (χ3v) is 4.94. The first-order chi connectivity index (χ1) is 14.2. The number of nitrogens with zero attached hydrogens (tertiary/aromatic N) is 1. The van der Waals surface area contributed by atoms with Crippen LogP contribution in [0.25, 0.3) is 0 Å². The van der Waals surface area contributed by atoms with Gasteiger partial charge in [0.15, 0.2) is 6.10 Å². The van der Waals surface area contributed by atoms with Crippen molar-refractivity contribution in [1.29, 1.82) is 0 Å². The number of rotatable bonds is 5. The number of anilines is 1. The number of halogens is 1. The molecule has 1 aliphatic rings. The molecule has 0 saturated heterocycles. The second-order valence-electron chi connectivity index (χ2n) is 8.91. The van der Waals surface area contributed by atoms with E-state index < -0.39 is 6.10 Å². The number of hydrogen-bond acceptors (Lipinski definition) is 3. The molecule has 0 bridgehead atoms. The third-order valence-electron chi connectivity index (χ3n) is 4.94. The molecule has 1 atom stereocenters. The van der Waals surface area contributed by atoms with Crippen LogP contribution in [0.2, 0.25) is 0 Å². The van der Waals surface area contributed by atoms with Gasteiger partial charge in [-0.25, -0.2) is 4.39 Å². The molecule has 1 heterocycles. The van der Waals surface area contributed by atoms with Crippen molar-refractivity contribution in [2.45, 2.75) is 59.7 Å². The lowest BCUT2D eigenvalue weighted by molar-refractivity contribution is -0.139. The summed E-state index contributed by atoms with van der Waals surface area (Å²) in [5, 5.41) is 2.92. The van der Waals surface area contributed by atoms with Crippen LogP contribution in [0.1, 0.15) is 51.7 Å². The number of hydrogen-bond donors (Lipinski definition) is 1. The summed E-state index contributed by atoms with van der Waals surface area (Å²) in [4.78, 5) is 26.9. The number of carbonyl (C=O) groups is 2. The molecule has 1 N–H and O–H groups in total. The summed E-state index contributed by atoms with van der Waals surface area (Å²) in [5.74, 6) is 0.0324. The van der Waals surface area contributed by atoms with Gasteiger partial charge in [0.05, 0.1) is 0 Å². The normalized spacial score (nSPS) is 16.5. The van der Waals surface area contributed by atoms with Crippen LogP contribution in [0.15, 0.2) is 42.5 Å². The molecule has 0 spiro atoms. The van der Waals surface area contributed by atoms with Crippen LogP contribution in [0.4, 0.5) is 10.1 Å². The molecule has 1 aliphatic heterocycles. The maximum absolute atomic E-state index is 14.2. The number of ether oxygens (including phenoxy) is 1. The van der Waals surface area contributed by atoms with Crippen LogP contribution in [-0.4, -0.2) is 22.8 Å². The van der Waals surface area contributed by atoms with Crippen molar-refractivity contribution in [1.82, 2.24) is 4.90 Å². The SMILES string of the molecule is CCC1Oc2ccc(NC(=O)CC(C)(C)C)cc2CN(Cc2ccccc2F)C1=O. The highest BCUT2D eigenvalue weighted by Crippen LogP contribution is 2.31. The molecule has 6 heteroatoms. The van der Waals surface area contributed by atoms with Crippen LogP contribution < -0.4 is 10.1 Å². The van der Waals surface area contributed by atoms with Gasteiger partial charge < -0.3 is 15.0 Å². The lowest BCUT2D eigenvalue weighted by Gasteiger charge is -2.23. The van der Waals surface area contributed by atoms with E-state index in [2.05, 4.69) is 5.32 Å². The summed E-state index contributed by atoms with van der Waals surface area (Å²) < 4.78 is 20.1. The second kappa shape index (κ2) is 8.86. The minimum absolute atomic E-state index is 0.0669. The van der Waals surface area contributed by atoms with E-state index in [0.29, 0.717) is 29.8 Å². The Balaban J connectivity index is 1.86. The second-order valence-corrected chi connectivity index (χ2v) is 8.91. The molecule has 160 valence electrons. The van der Waals surface area contributed by atoms with Gasteiger partial charge in [-0.3, -0.25) is 9.59 Å². The zero-order valence-electron chi connectivity index (χ0n) is 18.0. The Kier molecular flexibility index (Phi) is 6.44. The predicted molar refractivity (Wildman–Crippen MR) is 115 cm³/mol. The molecular formula is C24H29FN2O3. The highest BCUT2D eigenvalue weighted by atomic mass is 19.1. The molecule has 0 fully saturated rings. The first kappa shape index (κ1) is 21.8. The van der Waals surface area contributed by atoms with Crippen LogP contribution in [0.3, 0.4) is 0 Å². The van der Waals surface area contributed by atoms with E-state index in [1.165, 1.54) is 6.07 Å². The average Bonchev–Trinajstić information content (AvgIpc) is 2.78. The van der Waals surface area contributed by atoms with Gasteiger partial charge >= 0.3 is 0 Å². The van der Waals surface area contributed by atoms with E-state index in [9.17, 15) is 14.0 Å². The van der Waals surface area contributed by atoms with Crippen LogP contribution in [-0.2, 0) is 22.7 Å². The van der Waals surface area contributed by atoms with Gasteiger partial charge in [0.1, 0.15) is 11.6 Å². The van der Waals surface area contributed by atoms with Crippen LogP contribution in [0, 0.1) is 11.2 Å². The van der Waals surface area contributed by atoms with E-state index >= 15 is 0 Å². The largest absolute Gasteiger partial charge is 0.480 e. The number of carbonyl (C=O) groups excluding carboxylic acids is 2. The Morgan fingerprint density at radius 2 is 1.97 bits per heavy atom. The summed E-state index contributed by atoms with van der Waals surface area (Å²) >= 11 is 0. The molecule has 0 aliphatic carbocycles. The van der Waals surface area contributed by atoms with Gasteiger partial charge in [0, 0.05) is 36.3 Å². The molecule has 2 amide bonds. The van der Waals surface area contributed by atoms with Crippen molar-refractivity contribution in [3.63, 3.8) is 0 Å². The molecule has 0 saturated carbocycles. The number of amides is 2. The van der Waals surface area contributed by atoms with Gasteiger partial charge in [0.2, 0.25) is 5.91 Å². The summed E-state index contributed by atoms with van der Waals surface area (Å²) in [6, 6.07) is 11.8. The van der Waals surface area contributed by atoms with Gasteiger partial charge in [0.25, 0.3) is 5.91 Å². The summed E-state index contributed by atoms with van der Waals surface area (Å²) in [6.45, 7) is 8.35. The highest BCUT2D eigenvalue weighted by Gasteiger charge is 2.30. The zero-order valence-corrected chi connectivity index (χ0v) is 18.0. The first-order valence-corrected chi connectivity index (χ1v) is 10.3. The fourth-order valence-corrected chi connectivity index (χ4v) is 3.50. The van der Waals surface area contributed by atoms with E-state index in [1.54, 1.807) is 35.2 Å². The standard InChI is InChI=1S/C24H29FN2O3/c1-5-20-23(29)27(14-16-8-6-7-9-19(16)25)15-17-12-18(10-11-21(17)30-20)26-22(28)13-24(2,3)4/h6-12,20H,5,13-15H2,1-4H3,(H,26,28). The fraction of sp³-hybridized carbons (Fsp3) is 0.417. The van der Waals surface area contributed by atoms with Crippen molar-refractivity contribution in [3.8, 4) is 5.75 Å². The maximum atomic E-state index is 14.2. The number of nitrogens with one attached hydrogen (secondary N) is 1. The van der Waals surface area contributed by atoms with Gasteiger partial charge in [-0.2, -0.15) is 0 Å². The lowest BCUT2D eigenvalue weighted by atomic mass is 9.92. The maximum Gasteiger partial charge on any atom is 0.264 e. The molecule has 0 aromatic heterocycles. The predicted octanol–water partition coefficient (Wildman–Crippen LogP) is 4.90. The Morgan fingerprint density at radius 3 is 2.63 bits per heavy atom. The molecule has 2 aromatic rings. The van der Waals surface area contributed by atoms with Crippen molar-refractivity contribution in [3.05, 3.63) is 59.4 Å². The molecule has 30 heavy (non-hydrogen) atoms. The van der Waals surface area contributed by atoms with Gasteiger partial charge in [-0.1, -0.05) is 45.9 Å². The molecule has 2 aromatic carbocycles. The minimum Gasteiger partial charge on any atom is -0.480 e. The third kappa shape index (κ3) is 5.38. The highest BCUT2D eigenvalue weighted by molar-refractivity contribution is 5.91. The monoisotopic (exact) mass is 412 g/mol. The summed E-state index contributed by atoms with van der Waals surface area (Å²) in [7, 11) is 0. The van der Waals surface area contributed by atoms with E-state index in [-0.39, 0.29) is 36.1 Å². The molecule has 3 rings (SSSR count). The number of benzene rings is 2. The smallest absolute Gasteiger partial charge is 0.264 e. The average molecular weight is 413 g/mol. The van der Waals surface area contributed by atoms with Crippen molar-refractivity contribution >= 4 is 17.5 Å². The Morgan fingerprint density at radius 1 is 1.23 bits per heavy atom. The number of fused-ring (bicyclic) bond motifs is 1. The summed E-state index contributed by atoms with van der Waals surface area (Å²) in [5.41, 5.74) is 1.78.